The van der Waals surface area contributed by atoms with E-state index in [-0.39, 0.29) is 17.1 Å². The second-order valence-corrected chi connectivity index (χ2v) is 9.37. The van der Waals surface area contributed by atoms with Crippen molar-refractivity contribution in [3.8, 4) is 0 Å². The Balaban J connectivity index is 2.44. The van der Waals surface area contributed by atoms with Gasteiger partial charge in [0, 0.05) is 5.56 Å². The molecule has 1 nitrogen and oxygen atoms in total. The minimum Gasteiger partial charge on any atom is -0.293 e. The highest BCUT2D eigenvalue weighted by atomic mass is 35.5. The van der Waals surface area contributed by atoms with Crippen LogP contribution >= 0.6 is 11.6 Å². The molecule has 3 atom stereocenters. The largest absolute Gasteiger partial charge is 0.293 e. The minimum atomic E-state index is -0.907. The van der Waals surface area contributed by atoms with Crippen molar-refractivity contribution < 1.29 is 4.79 Å². The van der Waals surface area contributed by atoms with Crippen molar-refractivity contribution in [2.24, 2.45) is 11.3 Å². The van der Waals surface area contributed by atoms with E-state index in [9.17, 15) is 4.79 Å². The van der Waals surface area contributed by atoms with Gasteiger partial charge in [-0.3, -0.25) is 4.79 Å². The van der Waals surface area contributed by atoms with Crippen LogP contribution in [0.5, 0.6) is 0 Å². The van der Waals surface area contributed by atoms with Gasteiger partial charge in [-0.05, 0) is 37.7 Å². The van der Waals surface area contributed by atoms with E-state index in [2.05, 4.69) is 34.6 Å². The molecule has 27 heavy (non-hydrogen) atoms. The fraction of sp³-hybridized carbons (Fsp3) is 0.400. The average molecular weight is 381 g/mol. The minimum absolute atomic E-state index is 0.0750. The number of alkyl halides is 1. The Morgan fingerprint density at radius 1 is 0.852 bits per heavy atom. The van der Waals surface area contributed by atoms with Crippen molar-refractivity contribution in [3.05, 3.63) is 82.9 Å². The van der Waals surface area contributed by atoms with Gasteiger partial charge in [0.1, 0.15) is 0 Å². The molecule has 0 saturated heterocycles. The number of halogens is 1. The fourth-order valence-electron chi connectivity index (χ4n) is 4.97. The molecule has 142 valence electrons. The van der Waals surface area contributed by atoms with Crippen LogP contribution in [0.2, 0.25) is 0 Å². The summed E-state index contributed by atoms with van der Waals surface area (Å²) in [6.45, 7) is 13.0. The van der Waals surface area contributed by atoms with Crippen LogP contribution < -0.4 is 0 Å². The summed E-state index contributed by atoms with van der Waals surface area (Å²) in [6, 6.07) is 19.6. The summed E-state index contributed by atoms with van der Waals surface area (Å²) >= 11 is 7.41. The van der Waals surface area contributed by atoms with E-state index in [0.29, 0.717) is 5.56 Å². The number of hydrogen-bond donors (Lipinski definition) is 0. The van der Waals surface area contributed by atoms with Crippen molar-refractivity contribution >= 4 is 17.4 Å². The lowest BCUT2D eigenvalue weighted by atomic mass is 9.48. The molecule has 0 amide bonds. The van der Waals surface area contributed by atoms with E-state index in [0.717, 1.165) is 11.1 Å². The van der Waals surface area contributed by atoms with Crippen LogP contribution in [0.3, 0.4) is 0 Å². The SMILES string of the molecule is CC1=C(C)C(C(=O)c2ccccc2)(c2ccccc2)C(C)(Cl)C(C)C1(C)C. The van der Waals surface area contributed by atoms with E-state index in [1.165, 1.54) is 5.57 Å². The van der Waals surface area contributed by atoms with Gasteiger partial charge in [0.05, 0.1) is 10.3 Å². The van der Waals surface area contributed by atoms with Gasteiger partial charge in [-0.1, -0.05) is 92.6 Å². The predicted molar refractivity (Wildman–Crippen MR) is 114 cm³/mol. The number of carbonyl (C=O) groups is 1. The Morgan fingerprint density at radius 2 is 1.33 bits per heavy atom. The second-order valence-electron chi connectivity index (χ2n) is 8.58. The Morgan fingerprint density at radius 3 is 1.85 bits per heavy atom. The normalized spacial score (nSPS) is 30.3. The van der Waals surface area contributed by atoms with Crippen molar-refractivity contribution in [2.75, 3.05) is 0 Å². The summed E-state index contributed by atoms with van der Waals surface area (Å²) in [6.07, 6.45) is 0. The summed E-state index contributed by atoms with van der Waals surface area (Å²) in [7, 11) is 0. The van der Waals surface area contributed by atoms with Gasteiger partial charge in [-0.25, -0.2) is 0 Å². The van der Waals surface area contributed by atoms with Crippen LogP contribution in [0.1, 0.15) is 57.5 Å². The number of allylic oxidation sites excluding steroid dienone is 2. The van der Waals surface area contributed by atoms with Gasteiger partial charge in [0.2, 0.25) is 0 Å². The van der Waals surface area contributed by atoms with Crippen molar-refractivity contribution in [3.63, 3.8) is 0 Å². The summed E-state index contributed by atoms with van der Waals surface area (Å²) in [4.78, 5) is 13.4. The number of carbonyl (C=O) groups excluding carboxylic acids is 1. The Bertz CT molecular complexity index is 877. The van der Waals surface area contributed by atoms with Crippen LogP contribution in [0, 0.1) is 11.3 Å². The molecule has 0 aliphatic heterocycles. The molecule has 0 bridgehead atoms. The average Bonchev–Trinajstić information content (AvgIpc) is 2.67. The monoisotopic (exact) mass is 380 g/mol. The lowest BCUT2D eigenvalue weighted by Crippen LogP contribution is -2.62. The van der Waals surface area contributed by atoms with E-state index in [1.807, 2.05) is 67.6 Å². The third-order valence-corrected chi connectivity index (χ3v) is 7.91. The van der Waals surface area contributed by atoms with Crippen LogP contribution in [0.4, 0.5) is 0 Å². The lowest BCUT2D eigenvalue weighted by Gasteiger charge is -2.58. The highest BCUT2D eigenvalue weighted by Gasteiger charge is 2.63. The van der Waals surface area contributed by atoms with E-state index >= 15 is 0 Å². The molecule has 0 radical (unpaired) electrons. The van der Waals surface area contributed by atoms with Gasteiger partial charge in [0.25, 0.3) is 0 Å². The second kappa shape index (κ2) is 6.63. The number of rotatable bonds is 3. The molecule has 2 aromatic carbocycles. The van der Waals surface area contributed by atoms with Crippen molar-refractivity contribution in [1.29, 1.82) is 0 Å². The predicted octanol–water partition coefficient (Wildman–Crippen LogP) is 6.82. The number of benzene rings is 2. The first-order valence-corrected chi connectivity index (χ1v) is 10.00. The van der Waals surface area contributed by atoms with Crippen LogP contribution in [0.25, 0.3) is 0 Å². The molecule has 1 aliphatic rings. The summed E-state index contributed by atoms with van der Waals surface area (Å²) in [5.74, 6) is 0.175. The highest BCUT2D eigenvalue weighted by Crippen LogP contribution is 2.61. The standard InChI is InChI=1S/C25H29ClO/c1-17-18(2)25(21-15-11-8-12-16-21,22(27)20-13-9-7-10-14-20)24(6,26)19(3)23(17,4)5/h7-16,19H,1-6H3. The van der Waals surface area contributed by atoms with E-state index in [1.54, 1.807) is 0 Å². The third-order valence-electron chi connectivity index (χ3n) is 7.30. The van der Waals surface area contributed by atoms with Crippen LogP contribution in [0.15, 0.2) is 71.8 Å². The van der Waals surface area contributed by atoms with Crippen molar-refractivity contribution in [1.82, 2.24) is 0 Å². The van der Waals surface area contributed by atoms with Gasteiger partial charge in [-0.2, -0.15) is 0 Å². The molecule has 0 fully saturated rings. The molecule has 2 aromatic rings. The maximum atomic E-state index is 14.1. The number of Topliss-reactive ketones (excluding diaryl/α,β-unsaturated/α-hetero) is 1. The zero-order valence-corrected chi connectivity index (χ0v) is 17.9. The van der Waals surface area contributed by atoms with E-state index in [4.69, 9.17) is 11.6 Å². The molecule has 0 N–H and O–H groups in total. The molecule has 0 heterocycles. The molecule has 0 saturated carbocycles. The Hall–Kier alpha value is -1.86. The molecular weight excluding hydrogens is 352 g/mol. The third kappa shape index (κ3) is 2.63. The van der Waals surface area contributed by atoms with Gasteiger partial charge < -0.3 is 0 Å². The first-order valence-electron chi connectivity index (χ1n) is 9.62. The molecule has 3 rings (SSSR count). The number of hydrogen-bond acceptors (Lipinski definition) is 1. The maximum Gasteiger partial charge on any atom is 0.179 e. The molecule has 3 unspecified atom stereocenters. The Kier molecular flexibility index (Phi) is 4.89. The maximum absolute atomic E-state index is 14.1. The zero-order valence-electron chi connectivity index (χ0n) is 17.1. The van der Waals surface area contributed by atoms with Gasteiger partial charge in [-0.15, -0.1) is 11.6 Å². The summed E-state index contributed by atoms with van der Waals surface area (Å²) in [5, 5.41) is 0. The fourth-order valence-corrected chi connectivity index (χ4v) is 5.58. The molecule has 2 heteroatoms. The number of ketones is 1. The van der Waals surface area contributed by atoms with Crippen molar-refractivity contribution in [2.45, 2.75) is 51.8 Å². The smallest absolute Gasteiger partial charge is 0.179 e. The molecule has 1 aliphatic carbocycles. The topological polar surface area (TPSA) is 17.1 Å². The van der Waals surface area contributed by atoms with Crippen LogP contribution in [-0.2, 0) is 5.41 Å². The molecule has 0 aromatic heterocycles. The van der Waals surface area contributed by atoms with Gasteiger partial charge in [0.15, 0.2) is 5.78 Å². The Labute approximate surface area is 168 Å². The first kappa shape index (κ1) is 19.9. The van der Waals surface area contributed by atoms with E-state index < -0.39 is 10.3 Å². The molecular formula is C25H29ClO. The van der Waals surface area contributed by atoms with Crippen LogP contribution in [-0.4, -0.2) is 10.7 Å². The summed E-state index contributed by atoms with van der Waals surface area (Å²) < 4.78 is 0. The first-order chi connectivity index (χ1) is 12.6. The zero-order chi connectivity index (χ0) is 20.0. The molecule has 0 spiro atoms. The quantitative estimate of drug-likeness (QED) is 0.324. The highest BCUT2D eigenvalue weighted by molar-refractivity contribution is 6.29. The summed E-state index contributed by atoms with van der Waals surface area (Å²) in [5.41, 5.74) is 3.00. The lowest BCUT2D eigenvalue weighted by molar-refractivity contribution is 0.0754. The van der Waals surface area contributed by atoms with Gasteiger partial charge >= 0.3 is 0 Å².